The summed E-state index contributed by atoms with van der Waals surface area (Å²) in [6.07, 6.45) is 6.42. The standard InChI is InChI=1S/C21H25N7O/c1-15-16(2)27(9-3-8-26-10-12-29-13-11-26)20-18(15)21-24-19(25-28(21)14-23-20)17-4-6-22-7-5-17/h4-7,14H,3,8-13H2,1-2H3/p+1. The van der Waals surface area contributed by atoms with Crippen molar-refractivity contribution in [2.75, 3.05) is 32.8 Å². The smallest absolute Gasteiger partial charge is 0.182 e. The van der Waals surface area contributed by atoms with E-state index in [0.29, 0.717) is 5.82 Å². The van der Waals surface area contributed by atoms with Crippen LogP contribution in [-0.2, 0) is 11.3 Å². The Balaban J connectivity index is 1.48. The van der Waals surface area contributed by atoms with Crippen LogP contribution in [0.3, 0.4) is 0 Å². The highest BCUT2D eigenvalue weighted by Crippen LogP contribution is 2.28. The highest BCUT2D eigenvalue weighted by Gasteiger charge is 2.19. The minimum atomic E-state index is 0.697. The van der Waals surface area contributed by atoms with Crippen molar-refractivity contribution in [3.63, 3.8) is 0 Å². The second kappa shape index (κ2) is 7.53. The van der Waals surface area contributed by atoms with E-state index in [2.05, 4.69) is 28.5 Å². The van der Waals surface area contributed by atoms with Crippen LogP contribution in [0.4, 0.5) is 0 Å². The second-order valence-electron chi connectivity index (χ2n) is 7.71. The van der Waals surface area contributed by atoms with Crippen molar-refractivity contribution in [2.24, 2.45) is 0 Å². The first-order valence-electron chi connectivity index (χ1n) is 10.2. The van der Waals surface area contributed by atoms with Crippen molar-refractivity contribution in [3.8, 4) is 11.4 Å². The van der Waals surface area contributed by atoms with Gasteiger partial charge in [0.15, 0.2) is 11.5 Å². The van der Waals surface area contributed by atoms with Gasteiger partial charge in [0, 0.05) is 36.6 Å². The van der Waals surface area contributed by atoms with Crippen LogP contribution in [0.1, 0.15) is 17.7 Å². The summed E-state index contributed by atoms with van der Waals surface area (Å²) in [5.74, 6) is 0.697. The molecule has 8 heteroatoms. The van der Waals surface area contributed by atoms with Gasteiger partial charge in [-0.25, -0.2) is 14.5 Å². The SMILES string of the molecule is Cc1c(C)n(CCC[NH+]2CCOCC2)c2ncn3nc(-c4ccncc4)nc3c12. The van der Waals surface area contributed by atoms with E-state index in [1.807, 2.05) is 12.1 Å². The third-order valence-corrected chi connectivity index (χ3v) is 6.00. The summed E-state index contributed by atoms with van der Waals surface area (Å²) in [4.78, 5) is 15.3. The maximum absolute atomic E-state index is 5.46. The van der Waals surface area contributed by atoms with Gasteiger partial charge in [-0.2, -0.15) is 0 Å². The Morgan fingerprint density at radius 2 is 1.90 bits per heavy atom. The maximum Gasteiger partial charge on any atom is 0.182 e. The lowest BCUT2D eigenvalue weighted by Gasteiger charge is -2.23. The second-order valence-corrected chi connectivity index (χ2v) is 7.71. The van der Waals surface area contributed by atoms with Crippen LogP contribution in [0.5, 0.6) is 0 Å². The molecule has 0 amide bonds. The molecule has 0 aromatic carbocycles. The molecule has 8 nitrogen and oxygen atoms in total. The first kappa shape index (κ1) is 18.2. The van der Waals surface area contributed by atoms with Crippen LogP contribution < -0.4 is 4.90 Å². The fraction of sp³-hybridized carbons (Fsp3) is 0.429. The molecule has 1 saturated heterocycles. The molecular formula is C21H26N7O+. The fourth-order valence-electron chi connectivity index (χ4n) is 4.22. The molecule has 1 N–H and O–H groups in total. The highest BCUT2D eigenvalue weighted by molar-refractivity contribution is 5.94. The molecule has 0 saturated carbocycles. The largest absolute Gasteiger partial charge is 0.370 e. The van der Waals surface area contributed by atoms with Gasteiger partial charge >= 0.3 is 0 Å². The molecule has 0 atom stereocenters. The molecule has 0 aliphatic carbocycles. The molecule has 1 aliphatic heterocycles. The number of aromatic nitrogens is 6. The molecule has 4 aromatic heterocycles. The van der Waals surface area contributed by atoms with Gasteiger partial charge in [-0.05, 0) is 31.5 Å². The number of hydrogen-bond acceptors (Lipinski definition) is 5. The van der Waals surface area contributed by atoms with Crippen molar-refractivity contribution < 1.29 is 9.64 Å². The average molecular weight is 392 g/mol. The van der Waals surface area contributed by atoms with E-state index in [4.69, 9.17) is 14.7 Å². The lowest BCUT2D eigenvalue weighted by molar-refractivity contribution is -0.908. The zero-order valence-corrected chi connectivity index (χ0v) is 16.9. The summed E-state index contributed by atoms with van der Waals surface area (Å²) in [5, 5.41) is 5.72. The molecule has 0 unspecified atom stereocenters. The van der Waals surface area contributed by atoms with Crippen molar-refractivity contribution >= 4 is 16.7 Å². The highest BCUT2D eigenvalue weighted by atomic mass is 16.5. The number of aryl methyl sites for hydroxylation is 2. The number of ether oxygens (including phenoxy) is 1. The summed E-state index contributed by atoms with van der Waals surface area (Å²) < 4.78 is 9.59. The van der Waals surface area contributed by atoms with Gasteiger partial charge in [-0.1, -0.05) is 0 Å². The molecule has 5 heterocycles. The normalized spacial score (nSPS) is 15.5. The number of fused-ring (bicyclic) bond motifs is 3. The number of rotatable bonds is 5. The Bertz CT molecular complexity index is 1140. The van der Waals surface area contributed by atoms with Crippen LogP contribution >= 0.6 is 0 Å². The minimum absolute atomic E-state index is 0.697. The molecule has 1 fully saturated rings. The van der Waals surface area contributed by atoms with E-state index in [0.717, 1.165) is 61.5 Å². The maximum atomic E-state index is 5.46. The third-order valence-electron chi connectivity index (χ3n) is 6.00. The molecular weight excluding hydrogens is 366 g/mol. The number of quaternary nitrogens is 1. The van der Waals surface area contributed by atoms with Gasteiger partial charge in [0.2, 0.25) is 0 Å². The summed E-state index contributed by atoms with van der Waals surface area (Å²) in [6, 6.07) is 3.85. The zero-order valence-electron chi connectivity index (χ0n) is 16.9. The molecule has 0 radical (unpaired) electrons. The number of nitrogens with zero attached hydrogens (tertiary/aromatic N) is 6. The Labute approximate surface area is 169 Å². The average Bonchev–Trinajstić information content (AvgIpc) is 3.30. The van der Waals surface area contributed by atoms with Crippen LogP contribution in [0.25, 0.3) is 28.1 Å². The predicted molar refractivity (Wildman–Crippen MR) is 110 cm³/mol. The van der Waals surface area contributed by atoms with Crippen molar-refractivity contribution in [3.05, 3.63) is 42.1 Å². The number of pyridine rings is 1. The molecule has 5 rings (SSSR count). The van der Waals surface area contributed by atoms with E-state index in [9.17, 15) is 0 Å². The Morgan fingerprint density at radius 1 is 1.10 bits per heavy atom. The van der Waals surface area contributed by atoms with E-state index in [1.165, 1.54) is 17.8 Å². The van der Waals surface area contributed by atoms with Gasteiger partial charge in [-0.15, -0.1) is 5.10 Å². The van der Waals surface area contributed by atoms with Crippen LogP contribution in [0.15, 0.2) is 30.9 Å². The quantitative estimate of drug-likeness (QED) is 0.550. The van der Waals surface area contributed by atoms with E-state index >= 15 is 0 Å². The lowest BCUT2D eigenvalue weighted by Crippen LogP contribution is -3.14. The predicted octanol–water partition coefficient (Wildman–Crippen LogP) is 1.06. The lowest BCUT2D eigenvalue weighted by atomic mass is 10.2. The summed E-state index contributed by atoms with van der Waals surface area (Å²) >= 11 is 0. The Hall–Kier alpha value is -2.84. The zero-order chi connectivity index (χ0) is 19.8. The summed E-state index contributed by atoms with van der Waals surface area (Å²) in [5.41, 5.74) is 5.30. The molecule has 29 heavy (non-hydrogen) atoms. The number of morpholine rings is 1. The summed E-state index contributed by atoms with van der Waals surface area (Å²) in [6.45, 7) is 10.5. The van der Waals surface area contributed by atoms with Gasteiger partial charge in [0.05, 0.1) is 25.1 Å². The van der Waals surface area contributed by atoms with Gasteiger partial charge in [0.1, 0.15) is 25.1 Å². The van der Waals surface area contributed by atoms with Crippen molar-refractivity contribution in [1.29, 1.82) is 0 Å². The molecule has 150 valence electrons. The van der Waals surface area contributed by atoms with E-state index in [1.54, 1.807) is 28.1 Å². The van der Waals surface area contributed by atoms with Gasteiger partial charge in [0.25, 0.3) is 0 Å². The van der Waals surface area contributed by atoms with E-state index < -0.39 is 0 Å². The molecule has 0 spiro atoms. The summed E-state index contributed by atoms with van der Waals surface area (Å²) in [7, 11) is 0. The monoisotopic (exact) mass is 392 g/mol. The van der Waals surface area contributed by atoms with E-state index in [-0.39, 0.29) is 0 Å². The fourth-order valence-corrected chi connectivity index (χ4v) is 4.22. The van der Waals surface area contributed by atoms with Crippen molar-refractivity contribution in [1.82, 2.24) is 29.1 Å². The molecule has 1 aliphatic rings. The van der Waals surface area contributed by atoms with Gasteiger partial charge in [-0.3, -0.25) is 4.98 Å². The molecule has 0 bridgehead atoms. The first-order valence-corrected chi connectivity index (χ1v) is 10.2. The van der Waals surface area contributed by atoms with Crippen LogP contribution in [-0.4, -0.2) is 62.0 Å². The first-order chi connectivity index (χ1) is 14.2. The van der Waals surface area contributed by atoms with Crippen LogP contribution in [0, 0.1) is 13.8 Å². The van der Waals surface area contributed by atoms with Gasteiger partial charge < -0.3 is 14.2 Å². The van der Waals surface area contributed by atoms with Crippen LogP contribution in [0.2, 0.25) is 0 Å². The topological polar surface area (TPSA) is 74.6 Å². The van der Waals surface area contributed by atoms with Crippen molar-refractivity contribution in [2.45, 2.75) is 26.8 Å². The minimum Gasteiger partial charge on any atom is -0.370 e. The number of nitrogens with one attached hydrogen (secondary N) is 1. The number of hydrogen-bond donors (Lipinski definition) is 1. The molecule has 4 aromatic rings. The third kappa shape index (κ3) is 3.28. The Kier molecular flexibility index (Phi) is 4.73. The Morgan fingerprint density at radius 3 is 2.69 bits per heavy atom.